The van der Waals surface area contributed by atoms with Crippen molar-refractivity contribution < 1.29 is 43.7 Å². The average molecular weight is 498 g/mol. The number of anilines is 1. The molecule has 3 rings (SSSR count). The number of rotatable bonds is 6. The highest BCUT2D eigenvalue weighted by molar-refractivity contribution is 7.52. The molecule has 2 aromatic rings. The van der Waals surface area contributed by atoms with E-state index in [0.717, 1.165) is 0 Å². The van der Waals surface area contributed by atoms with Crippen molar-refractivity contribution in [1.29, 1.82) is 0 Å². The fraction of sp³-hybridized carbons (Fsp3) is 0.571. The Labute approximate surface area is 180 Å². The number of likely N-dealkylation sites (tertiary alicyclic amines) is 1. The highest BCUT2D eigenvalue weighted by Gasteiger charge is 2.30. The predicted octanol–water partition coefficient (Wildman–Crippen LogP) is -2.48. The van der Waals surface area contributed by atoms with Gasteiger partial charge in [-0.25, -0.2) is 4.98 Å². The first-order valence-corrected chi connectivity index (χ1v) is 12.6. The molecule has 0 saturated carbocycles. The first-order chi connectivity index (χ1) is 14.7. The van der Waals surface area contributed by atoms with Gasteiger partial charge in [-0.2, -0.15) is 4.98 Å². The zero-order valence-corrected chi connectivity index (χ0v) is 18.3. The van der Waals surface area contributed by atoms with Gasteiger partial charge in [-0.15, -0.1) is 0 Å². The van der Waals surface area contributed by atoms with Crippen molar-refractivity contribution in [3.8, 4) is 0 Å². The quantitative estimate of drug-likeness (QED) is 0.192. The van der Waals surface area contributed by atoms with Gasteiger partial charge in [-0.3, -0.25) is 23.7 Å². The van der Waals surface area contributed by atoms with Crippen LogP contribution >= 0.6 is 15.2 Å². The zero-order chi connectivity index (χ0) is 24.3. The Morgan fingerprint density at radius 3 is 2.50 bits per heavy atom. The fourth-order valence-electron chi connectivity index (χ4n) is 2.91. The molecule has 18 heteroatoms. The number of aliphatic hydroxyl groups excluding tert-OH is 2. The number of carbonyl (C=O) groups is 1. The number of aromatic amines is 1. The van der Waals surface area contributed by atoms with E-state index in [1.807, 2.05) is 0 Å². The molecule has 9 N–H and O–H groups in total. The number of H-pyrrole nitrogens is 1. The summed E-state index contributed by atoms with van der Waals surface area (Å²) in [6.07, 6.45) is 1.45. The molecule has 0 aromatic carbocycles. The van der Waals surface area contributed by atoms with E-state index in [4.69, 9.17) is 35.5 Å². The lowest BCUT2D eigenvalue weighted by molar-refractivity contribution is -0.129. The van der Waals surface area contributed by atoms with Gasteiger partial charge < -0.3 is 45.0 Å². The van der Waals surface area contributed by atoms with Gasteiger partial charge in [0.2, 0.25) is 11.9 Å². The summed E-state index contributed by atoms with van der Waals surface area (Å²) in [6.45, 7) is -0.0902. The number of fused-ring (bicyclic) bond motifs is 1. The molecule has 16 nitrogen and oxygen atoms in total. The molecule has 1 fully saturated rings. The number of nitrogens with zero attached hydrogens (tertiary/aromatic N) is 4. The molecule has 0 bridgehead atoms. The molecular weight excluding hydrogens is 474 g/mol. The van der Waals surface area contributed by atoms with E-state index in [-0.39, 0.29) is 29.8 Å². The van der Waals surface area contributed by atoms with Gasteiger partial charge in [0.1, 0.15) is 0 Å². The lowest BCUT2D eigenvalue weighted by Crippen LogP contribution is -2.29. The summed E-state index contributed by atoms with van der Waals surface area (Å²) in [5.74, 6) is -2.25. The van der Waals surface area contributed by atoms with Crippen molar-refractivity contribution in [2.75, 3.05) is 31.6 Å². The standard InChI is InChI=1S/C12H17N6O5P.C2H7O5P/c13-12-15-10-9(11(20)16-12)14-6-18(10)7-1-3-17(5-7)8(19)2-4-24(21,22)23;3-1-2(4)8(5,6)7/h6-7H,1-5H2,(H2,21,22,23)(H3,13,15,16,20);2-4H,1H2,(H2,5,6,7). The van der Waals surface area contributed by atoms with E-state index < -0.39 is 39.4 Å². The molecule has 2 aromatic heterocycles. The summed E-state index contributed by atoms with van der Waals surface area (Å²) in [5, 5.41) is 16.1. The molecule has 180 valence electrons. The average Bonchev–Trinajstić information content (AvgIpc) is 3.31. The number of hydrogen-bond acceptors (Lipinski definition) is 9. The van der Waals surface area contributed by atoms with Crippen molar-refractivity contribution >= 4 is 38.2 Å². The largest absolute Gasteiger partial charge is 0.393 e. The van der Waals surface area contributed by atoms with Crippen LogP contribution in [0.5, 0.6) is 0 Å². The van der Waals surface area contributed by atoms with Crippen LogP contribution in [0.25, 0.3) is 11.2 Å². The summed E-state index contributed by atoms with van der Waals surface area (Å²) in [6, 6.07) is -0.122. The monoisotopic (exact) mass is 498 g/mol. The number of amides is 1. The summed E-state index contributed by atoms with van der Waals surface area (Å²) < 4.78 is 22.4. The molecule has 1 aliphatic heterocycles. The maximum Gasteiger partial charge on any atom is 0.356 e. The molecule has 2 unspecified atom stereocenters. The van der Waals surface area contributed by atoms with E-state index >= 15 is 0 Å². The number of carbonyl (C=O) groups excluding carboxylic acids is 1. The molecule has 1 saturated heterocycles. The van der Waals surface area contributed by atoms with E-state index in [9.17, 15) is 18.7 Å². The summed E-state index contributed by atoms with van der Waals surface area (Å²) in [5.41, 5.74) is 5.66. The molecule has 0 radical (unpaired) electrons. The third kappa shape index (κ3) is 6.92. The second kappa shape index (κ2) is 10.2. The zero-order valence-electron chi connectivity index (χ0n) is 16.6. The third-order valence-electron chi connectivity index (χ3n) is 4.53. The number of aliphatic hydroxyl groups is 2. The van der Waals surface area contributed by atoms with Crippen LogP contribution < -0.4 is 11.3 Å². The molecule has 32 heavy (non-hydrogen) atoms. The van der Waals surface area contributed by atoms with Crippen LogP contribution in [-0.4, -0.2) is 91.8 Å². The van der Waals surface area contributed by atoms with E-state index in [2.05, 4.69) is 15.0 Å². The van der Waals surface area contributed by atoms with Gasteiger partial charge >= 0.3 is 15.2 Å². The molecule has 0 spiro atoms. The summed E-state index contributed by atoms with van der Waals surface area (Å²) in [4.78, 5) is 69.6. The Balaban J connectivity index is 0.000000390. The Morgan fingerprint density at radius 1 is 1.31 bits per heavy atom. The van der Waals surface area contributed by atoms with E-state index in [0.29, 0.717) is 25.2 Å². The van der Waals surface area contributed by atoms with E-state index in [1.54, 1.807) is 9.47 Å². The first kappa shape index (κ1) is 26.1. The highest BCUT2D eigenvalue weighted by atomic mass is 31.2. The second-order valence-electron chi connectivity index (χ2n) is 6.95. The van der Waals surface area contributed by atoms with Crippen LogP contribution in [0.3, 0.4) is 0 Å². The van der Waals surface area contributed by atoms with Crippen LogP contribution in [0.1, 0.15) is 18.9 Å². The Morgan fingerprint density at radius 2 is 1.97 bits per heavy atom. The van der Waals surface area contributed by atoms with Gasteiger partial charge in [0, 0.05) is 19.5 Å². The predicted molar refractivity (Wildman–Crippen MR) is 109 cm³/mol. The van der Waals surface area contributed by atoms with Crippen LogP contribution in [0.4, 0.5) is 5.95 Å². The molecule has 3 heterocycles. The van der Waals surface area contributed by atoms with Gasteiger partial charge in [-0.1, -0.05) is 0 Å². The number of hydrogen-bond donors (Lipinski definition) is 8. The summed E-state index contributed by atoms with van der Waals surface area (Å²) in [7, 11) is -8.64. The Bertz CT molecular complexity index is 1110. The fourth-order valence-corrected chi connectivity index (χ4v) is 3.61. The van der Waals surface area contributed by atoms with Crippen LogP contribution in [0, 0.1) is 0 Å². The summed E-state index contributed by atoms with van der Waals surface area (Å²) >= 11 is 0. The lowest BCUT2D eigenvalue weighted by Gasteiger charge is -2.17. The van der Waals surface area contributed by atoms with Gasteiger partial charge in [-0.05, 0) is 6.42 Å². The van der Waals surface area contributed by atoms with Crippen LogP contribution in [-0.2, 0) is 13.9 Å². The number of nitrogen functional groups attached to an aromatic ring is 1. The van der Waals surface area contributed by atoms with Gasteiger partial charge in [0.25, 0.3) is 5.56 Å². The maximum absolute atomic E-state index is 12.0. The van der Waals surface area contributed by atoms with Crippen molar-refractivity contribution in [2.45, 2.75) is 24.7 Å². The van der Waals surface area contributed by atoms with Crippen molar-refractivity contribution in [3.05, 3.63) is 16.7 Å². The minimum Gasteiger partial charge on any atom is -0.393 e. The molecule has 0 aliphatic carbocycles. The first-order valence-electron chi connectivity index (χ1n) is 9.11. The SMILES string of the molecule is Nc1nc2c(ncn2C2CCN(C(=O)CCP(=O)(O)O)C2)c(=O)[nH]1.O=P(O)(O)C(O)CO. The third-order valence-corrected chi connectivity index (χ3v) is 6.27. The number of imidazole rings is 1. The topological polar surface area (TPSA) is 265 Å². The molecule has 1 aliphatic rings. The molecule has 2 atom stereocenters. The normalized spacial score (nSPS) is 17.8. The lowest BCUT2D eigenvalue weighted by atomic mass is 10.2. The Kier molecular flexibility index (Phi) is 8.31. The van der Waals surface area contributed by atoms with E-state index in [1.165, 1.54) is 6.33 Å². The number of nitrogens with one attached hydrogen (secondary N) is 1. The maximum atomic E-state index is 12.0. The number of aromatic nitrogens is 4. The number of nitrogens with two attached hydrogens (primary N) is 1. The van der Waals surface area contributed by atoms with Gasteiger partial charge in [0.05, 0.1) is 25.1 Å². The van der Waals surface area contributed by atoms with Crippen LogP contribution in [0.2, 0.25) is 0 Å². The van der Waals surface area contributed by atoms with Crippen molar-refractivity contribution in [2.24, 2.45) is 0 Å². The Hall–Kier alpha value is -2.16. The molecule has 1 amide bonds. The van der Waals surface area contributed by atoms with Crippen LogP contribution in [0.15, 0.2) is 11.1 Å². The smallest absolute Gasteiger partial charge is 0.356 e. The van der Waals surface area contributed by atoms with Gasteiger partial charge in [0.15, 0.2) is 17.0 Å². The minimum absolute atomic E-state index is 0.0122. The van der Waals surface area contributed by atoms with Crippen molar-refractivity contribution in [3.63, 3.8) is 0 Å². The highest BCUT2D eigenvalue weighted by Crippen LogP contribution is 2.38. The second-order valence-corrected chi connectivity index (χ2v) is 10.5. The van der Waals surface area contributed by atoms with Crippen molar-refractivity contribution in [1.82, 2.24) is 24.4 Å². The molecular formula is C14H24N6O10P2. The minimum atomic E-state index is -4.45.